The SMILES string of the molecule is CNC(=O)Oc1cc2cc(-c3ccc(C(=O)N4CCC(F)(F)CC4)cn3)cc(OC)c2o1. The Balaban J connectivity index is 1.57. The number of nitrogens with one attached hydrogen (secondary N) is 1. The van der Waals surface area contributed by atoms with Crippen molar-refractivity contribution >= 4 is 23.0 Å². The number of alkyl halides is 2. The maximum absolute atomic E-state index is 13.3. The van der Waals surface area contributed by atoms with Gasteiger partial charge in [-0.1, -0.05) is 0 Å². The monoisotopic (exact) mass is 445 g/mol. The summed E-state index contributed by atoms with van der Waals surface area (Å²) in [5.74, 6) is -2.61. The van der Waals surface area contributed by atoms with Crippen LogP contribution in [-0.4, -0.2) is 55.1 Å². The van der Waals surface area contributed by atoms with E-state index in [1.165, 1.54) is 25.3 Å². The normalized spacial score (nSPS) is 15.4. The first-order chi connectivity index (χ1) is 15.3. The molecule has 4 rings (SSSR count). The zero-order chi connectivity index (χ0) is 22.9. The fourth-order valence-electron chi connectivity index (χ4n) is 3.50. The maximum atomic E-state index is 13.3. The minimum Gasteiger partial charge on any atom is -0.493 e. The summed E-state index contributed by atoms with van der Waals surface area (Å²) >= 11 is 0. The van der Waals surface area contributed by atoms with Gasteiger partial charge >= 0.3 is 6.09 Å². The van der Waals surface area contributed by atoms with Crippen LogP contribution in [-0.2, 0) is 0 Å². The highest BCUT2D eigenvalue weighted by molar-refractivity contribution is 5.94. The third kappa shape index (κ3) is 4.34. The van der Waals surface area contributed by atoms with Gasteiger partial charge in [0.1, 0.15) is 0 Å². The summed E-state index contributed by atoms with van der Waals surface area (Å²) < 4.78 is 42.7. The topological polar surface area (TPSA) is 93.9 Å². The van der Waals surface area contributed by atoms with Crippen molar-refractivity contribution in [3.63, 3.8) is 0 Å². The molecule has 0 spiro atoms. The molecule has 1 fully saturated rings. The highest BCUT2D eigenvalue weighted by Crippen LogP contribution is 2.36. The van der Waals surface area contributed by atoms with E-state index in [4.69, 9.17) is 13.9 Å². The lowest BCUT2D eigenvalue weighted by Gasteiger charge is -2.31. The van der Waals surface area contributed by atoms with Crippen LogP contribution in [0.3, 0.4) is 0 Å². The average Bonchev–Trinajstić information content (AvgIpc) is 3.20. The van der Waals surface area contributed by atoms with Gasteiger partial charge in [0.15, 0.2) is 11.3 Å². The molecule has 168 valence electrons. The largest absolute Gasteiger partial charge is 0.493 e. The molecule has 1 N–H and O–H groups in total. The second-order valence-corrected chi connectivity index (χ2v) is 7.38. The molecule has 3 heterocycles. The number of ether oxygens (including phenoxy) is 2. The third-order valence-electron chi connectivity index (χ3n) is 5.27. The molecule has 1 saturated heterocycles. The summed E-state index contributed by atoms with van der Waals surface area (Å²) in [6.45, 7) is 0.0325. The number of rotatable bonds is 4. The van der Waals surface area contributed by atoms with E-state index in [2.05, 4.69) is 10.3 Å². The van der Waals surface area contributed by atoms with Gasteiger partial charge < -0.3 is 24.1 Å². The minimum absolute atomic E-state index is 0.0100. The Labute approximate surface area is 182 Å². The Morgan fingerprint density at radius 2 is 1.94 bits per heavy atom. The number of nitrogens with zero attached hydrogens (tertiary/aromatic N) is 2. The van der Waals surface area contributed by atoms with E-state index in [1.54, 1.807) is 30.3 Å². The summed E-state index contributed by atoms with van der Waals surface area (Å²) in [4.78, 5) is 29.8. The molecule has 2 amide bonds. The Hall–Kier alpha value is -3.69. The van der Waals surface area contributed by atoms with E-state index >= 15 is 0 Å². The van der Waals surface area contributed by atoms with Gasteiger partial charge in [-0.3, -0.25) is 9.78 Å². The number of halogens is 2. The predicted octanol–water partition coefficient (Wildman–Crippen LogP) is 4.09. The highest BCUT2D eigenvalue weighted by atomic mass is 19.3. The number of methoxy groups -OCH3 is 1. The van der Waals surface area contributed by atoms with Crippen LogP contribution in [0.15, 0.2) is 40.9 Å². The molecule has 3 aromatic rings. The summed E-state index contributed by atoms with van der Waals surface area (Å²) in [5, 5.41) is 2.97. The molecule has 2 aromatic heterocycles. The Bertz CT molecular complexity index is 1150. The van der Waals surface area contributed by atoms with Crippen LogP contribution in [0.5, 0.6) is 11.7 Å². The van der Waals surface area contributed by atoms with Gasteiger partial charge in [0.05, 0.1) is 18.4 Å². The van der Waals surface area contributed by atoms with Crippen LogP contribution >= 0.6 is 0 Å². The van der Waals surface area contributed by atoms with Gasteiger partial charge in [0, 0.05) is 56.2 Å². The van der Waals surface area contributed by atoms with Gasteiger partial charge in [-0.25, -0.2) is 13.6 Å². The smallest absolute Gasteiger partial charge is 0.414 e. The Morgan fingerprint density at radius 3 is 2.56 bits per heavy atom. The second-order valence-electron chi connectivity index (χ2n) is 7.38. The minimum atomic E-state index is -2.71. The molecule has 10 heteroatoms. The van der Waals surface area contributed by atoms with Gasteiger partial charge in [-0.2, -0.15) is 0 Å². The molecule has 8 nitrogen and oxygen atoms in total. The molecule has 0 saturated carbocycles. The molecule has 1 aliphatic rings. The van der Waals surface area contributed by atoms with Crippen molar-refractivity contribution < 1.29 is 32.3 Å². The van der Waals surface area contributed by atoms with E-state index in [-0.39, 0.29) is 37.8 Å². The number of aromatic nitrogens is 1. The number of likely N-dealkylation sites (tertiary alicyclic amines) is 1. The molecule has 0 aliphatic carbocycles. The standard InChI is InChI=1S/C22H21F2N3O5/c1-25-21(29)32-18-11-15-9-14(10-17(30-2)19(15)31-18)16-4-3-13(12-26-16)20(28)27-7-5-22(23,24)6-8-27/h3-4,9-12H,5-8H2,1-2H3,(H,25,29). The average molecular weight is 445 g/mol. The maximum Gasteiger partial charge on any atom is 0.414 e. The lowest BCUT2D eigenvalue weighted by molar-refractivity contribution is -0.0494. The number of pyridine rings is 1. The number of hydrogen-bond acceptors (Lipinski definition) is 6. The van der Waals surface area contributed by atoms with Crippen LogP contribution in [0.1, 0.15) is 23.2 Å². The summed E-state index contributed by atoms with van der Waals surface area (Å²) in [6, 6.07) is 8.35. The molecular formula is C22H21F2N3O5. The number of hydrogen-bond donors (Lipinski definition) is 1. The molecule has 1 aromatic carbocycles. The number of amides is 2. The number of carbonyl (C=O) groups is 2. The van der Waals surface area contributed by atoms with Crippen LogP contribution in [0.4, 0.5) is 13.6 Å². The molecule has 0 radical (unpaired) electrons. The second kappa shape index (κ2) is 8.45. The van der Waals surface area contributed by atoms with Gasteiger partial charge in [-0.05, 0) is 24.3 Å². The first-order valence-corrected chi connectivity index (χ1v) is 9.94. The number of benzene rings is 1. The zero-order valence-electron chi connectivity index (χ0n) is 17.5. The Kier molecular flexibility index (Phi) is 5.68. The summed E-state index contributed by atoms with van der Waals surface area (Å²) in [6.07, 6.45) is 0.0970. The van der Waals surface area contributed by atoms with Crippen molar-refractivity contribution in [2.45, 2.75) is 18.8 Å². The van der Waals surface area contributed by atoms with Crippen molar-refractivity contribution in [1.29, 1.82) is 0 Å². The Morgan fingerprint density at radius 1 is 1.19 bits per heavy atom. The third-order valence-corrected chi connectivity index (χ3v) is 5.27. The van der Waals surface area contributed by atoms with Crippen molar-refractivity contribution in [2.75, 3.05) is 27.2 Å². The van der Waals surface area contributed by atoms with Crippen molar-refractivity contribution in [3.05, 3.63) is 42.1 Å². The predicted molar refractivity (Wildman–Crippen MR) is 111 cm³/mol. The fraction of sp³-hybridized carbons (Fsp3) is 0.318. The van der Waals surface area contributed by atoms with Crippen LogP contribution in [0.2, 0.25) is 0 Å². The van der Waals surface area contributed by atoms with Crippen molar-refractivity contribution in [1.82, 2.24) is 15.2 Å². The van der Waals surface area contributed by atoms with Crippen LogP contribution in [0.25, 0.3) is 22.2 Å². The number of piperidine rings is 1. The van der Waals surface area contributed by atoms with E-state index < -0.39 is 12.0 Å². The van der Waals surface area contributed by atoms with Crippen molar-refractivity contribution in [2.24, 2.45) is 0 Å². The van der Waals surface area contributed by atoms with E-state index in [0.29, 0.717) is 33.5 Å². The zero-order valence-corrected chi connectivity index (χ0v) is 17.5. The summed E-state index contributed by atoms with van der Waals surface area (Å²) in [5.41, 5.74) is 2.00. The van der Waals surface area contributed by atoms with Crippen molar-refractivity contribution in [3.8, 4) is 23.0 Å². The number of fused-ring (bicyclic) bond motifs is 1. The molecule has 32 heavy (non-hydrogen) atoms. The molecule has 0 bridgehead atoms. The quantitative estimate of drug-likeness (QED) is 0.650. The first-order valence-electron chi connectivity index (χ1n) is 9.94. The van der Waals surface area contributed by atoms with E-state index in [9.17, 15) is 18.4 Å². The van der Waals surface area contributed by atoms with E-state index in [1.807, 2.05) is 0 Å². The number of carbonyl (C=O) groups excluding carboxylic acids is 2. The molecular weight excluding hydrogens is 424 g/mol. The van der Waals surface area contributed by atoms with E-state index in [0.717, 1.165) is 0 Å². The summed E-state index contributed by atoms with van der Waals surface area (Å²) in [7, 11) is 2.92. The first kappa shape index (κ1) is 21.5. The van der Waals surface area contributed by atoms with Gasteiger partial charge in [0.2, 0.25) is 0 Å². The highest BCUT2D eigenvalue weighted by Gasteiger charge is 2.35. The fourth-order valence-corrected chi connectivity index (χ4v) is 3.50. The number of furan rings is 1. The van der Waals surface area contributed by atoms with Crippen LogP contribution < -0.4 is 14.8 Å². The van der Waals surface area contributed by atoms with Crippen LogP contribution in [0, 0.1) is 0 Å². The molecule has 0 unspecified atom stereocenters. The molecule has 1 aliphatic heterocycles. The lowest BCUT2D eigenvalue weighted by Crippen LogP contribution is -2.42. The lowest BCUT2D eigenvalue weighted by atomic mass is 10.1. The molecule has 0 atom stereocenters. The van der Waals surface area contributed by atoms with Gasteiger partial charge in [0.25, 0.3) is 17.8 Å². The van der Waals surface area contributed by atoms with Gasteiger partial charge in [-0.15, -0.1) is 0 Å².